The zero-order valence-corrected chi connectivity index (χ0v) is 21.9. The molecule has 3 aromatic rings. The van der Waals surface area contributed by atoms with Crippen LogP contribution in [0.2, 0.25) is 5.02 Å². The Morgan fingerprint density at radius 1 is 1.23 bits per heavy atom. The van der Waals surface area contributed by atoms with Crippen molar-refractivity contribution in [2.24, 2.45) is 5.41 Å². The maximum Gasteiger partial charge on any atom is 0.416 e. The maximum atomic E-state index is 13.5. The fraction of sp³-hybridized carbons (Fsp3) is 0.385. The van der Waals surface area contributed by atoms with Crippen LogP contribution in [-0.4, -0.2) is 58.4 Å². The Bertz CT molecular complexity index is 1400. The van der Waals surface area contributed by atoms with Crippen LogP contribution in [0, 0.1) is 5.41 Å². The number of fused-ring (bicyclic) bond motifs is 4. The van der Waals surface area contributed by atoms with Gasteiger partial charge < -0.3 is 14.7 Å². The fourth-order valence-corrected chi connectivity index (χ4v) is 4.75. The molecule has 1 saturated heterocycles. The average Bonchev–Trinajstić information content (AvgIpc) is 3.32. The summed E-state index contributed by atoms with van der Waals surface area (Å²) in [5.74, 6) is 0.619. The second kappa shape index (κ2) is 10.2. The number of anilines is 3. The summed E-state index contributed by atoms with van der Waals surface area (Å²) in [4.78, 5) is 30.1. The van der Waals surface area contributed by atoms with Crippen molar-refractivity contribution in [2.75, 3.05) is 41.4 Å². The van der Waals surface area contributed by atoms with Crippen LogP contribution in [0.3, 0.4) is 0 Å². The van der Waals surface area contributed by atoms with E-state index in [4.69, 9.17) is 16.3 Å². The van der Waals surface area contributed by atoms with Gasteiger partial charge in [-0.25, -0.2) is 9.78 Å². The van der Waals surface area contributed by atoms with E-state index in [1.807, 2.05) is 13.8 Å². The van der Waals surface area contributed by atoms with Crippen molar-refractivity contribution in [3.8, 4) is 17.1 Å². The smallest absolute Gasteiger partial charge is 0.416 e. The third-order valence-corrected chi connectivity index (χ3v) is 6.89. The molecule has 39 heavy (non-hydrogen) atoms. The van der Waals surface area contributed by atoms with Crippen molar-refractivity contribution >= 4 is 35.0 Å². The van der Waals surface area contributed by atoms with Crippen molar-refractivity contribution in [3.05, 3.63) is 53.3 Å². The lowest BCUT2D eigenvalue weighted by molar-refractivity contribution is -0.137. The van der Waals surface area contributed by atoms with Gasteiger partial charge in [0.25, 0.3) is 0 Å². The minimum absolute atomic E-state index is 0.0802. The van der Waals surface area contributed by atoms with Gasteiger partial charge in [0.15, 0.2) is 11.6 Å². The largest absolute Gasteiger partial charge is 0.476 e. The number of amides is 2. The number of alkyl halides is 3. The SMILES string of the molecule is CC(C)(CO)COc1cncc(NC(=O)N2c3nc(-c4cccc(C(F)(F)F)c4)c(Cl)cc3N3CC[C@H]2C3)n1. The highest BCUT2D eigenvalue weighted by molar-refractivity contribution is 6.33. The molecule has 0 radical (unpaired) electrons. The van der Waals surface area contributed by atoms with E-state index in [-0.39, 0.29) is 47.2 Å². The van der Waals surface area contributed by atoms with Crippen LogP contribution in [0.5, 0.6) is 5.88 Å². The summed E-state index contributed by atoms with van der Waals surface area (Å²) in [7, 11) is 0. The molecule has 2 bridgehead atoms. The second-order valence-corrected chi connectivity index (χ2v) is 10.7. The minimum Gasteiger partial charge on any atom is -0.476 e. The molecular formula is C26H26ClF3N6O3. The lowest BCUT2D eigenvalue weighted by Gasteiger charge is -2.36. The number of carbonyl (C=O) groups is 1. The molecule has 2 aliphatic rings. The van der Waals surface area contributed by atoms with Gasteiger partial charge in [-0.2, -0.15) is 18.2 Å². The summed E-state index contributed by atoms with van der Waals surface area (Å²) >= 11 is 6.51. The Kier molecular flexibility index (Phi) is 7.02. The van der Waals surface area contributed by atoms with Crippen molar-refractivity contribution < 1.29 is 27.8 Å². The standard InChI is InChI=1S/C26H26ClF3N6O3/c1-25(2,13-37)14-39-21-11-31-10-20(32-21)33-24(38)36-17-6-7-35(12-17)19-9-18(27)22(34-23(19)36)15-4-3-5-16(8-15)26(28,29)30/h3-5,8-11,17,37H,6-7,12-14H2,1-2H3,(H,32,33,38)/t17-/m0/s1. The molecule has 0 unspecified atom stereocenters. The van der Waals surface area contributed by atoms with Gasteiger partial charge in [0.05, 0.1) is 53.6 Å². The number of urea groups is 1. The fourth-order valence-electron chi connectivity index (χ4n) is 4.49. The number of benzene rings is 1. The number of aliphatic hydroxyl groups excluding tert-OH is 1. The first-order valence-electron chi connectivity index (χ1n) is 12.2. The Balaban J connectivity index is 1.45. The number of hydrogen-bond acceptors (Lipinski definition) is 7. The normalized spacial score (nSPS) is 16.7. The minimum atomic E-state index is -4.53. The van der Waals surface area contributed by atoms with Crippen LogP contribution in [0.25, 0.3) is 11.3 Å². The summed E-state index contributed by atoms with van der Waals surface area (Å²) in [6.07, 6.45) is -1.08. The van der Waals surface area contributed by atoms with E-state index >= 15 is 0 Å². The Labute approximate surface area is 227 Å². The Morgan fingerprint density at radius 3 is 2.77 bits per heavy atom. The lowest BCUT2D eigenvalue weighted by atomic mass is 9.97. The molecule has 0 aliphatic carbocycles. The van der Waals surface area contributed by atoms with Crippen LogP contribution in [0.1, 0.15) is 25.8 Å². The van der Waals surface area contributed by atoms with E-state index in [0.717, 1.165) is 12.1 Å². The van der Waals surface area contributed by atoms with Crippen LogP contribution < -0.4 is 19.9 Å². The van der Waals surface area contributed by atoms with Gasteiger partial charge >= 0.3 is 12.2 Å². The molecule has 0 spiro atoms. The molecule has 0 saturated carbocycles. The number of aliphatic hydroxyl groups is 1. The highest BCUT2D eigenvalue weighted by Crippen LogP contribution is 2.43. The van der Waals surface area contributed by atoms with E-state index in [2.05, 4.69) is 25.2 Å². The summed E-state index contributed by atoms with van der Waals surface area (Å²) in [5.41, 5.74) is -0.362. The van der Waals surface area contributed by atoms with Gasteiger partial charge in [0.1, 0.15) is 0 Å². The summed E-state index contributed by atoms with van der Waals surface area (Å²) in [6, 6.07) is 5.67. The average molecular weight is 563 g/mol. The molecule has 2 amide bonds. The predicted molar refractivity (Wildman–Crippen MR) is 140 cm³/mol. The quantitative estimate of drug-likeness (QED) is 0.423. The molecule has 13 heteroatoms. The topological polar surface area (TPSA) is 104 Å². The van der Waals surface area contributed by atoms with Crippen molar-refractivity contribution in [1.82, 2.24) is 15.0 Å². The first-order chi connectivity index (χ1) is 18.4. The molecule has 1 fully saturated rings. The van der Waals surface area contributed by atoms with Gasteiger partial charge in [0.2, 0.25) is 5.88 Å². The van der Waals surface area contributed by atoms with Crippen molar-refractivity contribution in [3.63, 3.8) is 0 Å². The van der Waals surface area contributed by atoms with Gasteiger partial charge in [-0.3, -0.25) is 15.2 Å². The summed E-state index contributed by atoms with van der Waals surface area (Å²) < 4.78 is 45.7. The number of hydrogen-bond donors (Lipinski definition) is 2. The number of carbonyl (C=O) groups excluding carboxylic acids is 1. The molecule has 206 valence electrons. The third kappa shape index (κ3) is 5.57. The van der Waals surface area contributed by atoms with Crippen LogP contribution in [-0.2, 0) is 6.18 Å². The highest BCUT2D eigenvalue weighted by Gasteiger charge is 2.41. The molecule has 2 aromatic heterocycles. The van der Waals surface area contributed by atoms with Crippen LogP contribution in [0.15, 0.2) is 42.7 Å². The zero-order chi connectivity index (χ0) is 27.9. The summed E-state index contributed by atoms with van der Waals surface area (Å²) in [6.45, 7) is 5.01. The monoisotopic (exact) mass is 562 g/mol. The van der Waals surface area contributed by atoms with Gasteiger partial charge in [-0.15, -0.1) is 0 Å². The number of pyridine rings is 1. The zero-order valence-electron chi connectivity index (χ0n) is 21.2. The maximum absolute atomic E-state index is 13.5. The highest BCUT2D eigenvalue weighted by atomic mass is 35.5. The number of nitrogens with zero attached hydrogens (tertiary/aromatic N) is 5. The number of nitrogens with one attached hydrogen (secondary N) is 1. The Hall–Kier alpha value is -3.64. The number of rotatable bonds is 6. The third-order valence-electron chi connectivity index (χ3n) is 6.60. The van der Waals surface area contributed by atoms with E-state index < -0.39 is 23.2 Å². The molecule has 9 nitrogen and oxygen atoms in total. The van der Waals surface area contributed by atoms with E-state index in [1.165, 1.54) is 29.4 Å². The van der Waals surface area contributed by atoms with Gasteiger partial charge in [0, 0.05) is 24.1 Å². The van der Waals surface area contributed by atoms with Gasteiger partial charge in [-0.05, 0) is 24.6 Å². The number of ether oxygens (including phenoxy) is 1. The summed E-state index contributed by atoms with van der Waals surface area (Å²) in [5, 5.41) is 12.3. The molecule has 2 aliphatic heterocycles. The molecule has 1 atom stereocenters. The van der Waals surface area contributed by atoms with E-state index in [1.54, 1.807) is 6.07 Å². The number of halogens is 4. The van der Waals surface area contributed by atoms with Gasteiger partial charge in [-0.1, -0.05) is 37.6 Å². The van der Waals surface area contributed by atoms with Crippen molar-refractivity contribution in [1.29, 1.82) is 0 Å². The molecule has 1 aromatic carbocycles. The molecule has 4 heterocycles. The Morgan fingerprint density at radius 2 is 2.03 bits per heavy atom. The molecule has 2 N–H and O–H groups in total. The second-order valence-electron chi connectivity index (χ2n) is 10.3. The first-order valence-corrected chi connectivity index (χ1v) is 12.6. The molecule has 5 rings (SSSR count). The molecular weight excluding hydrogens is 537 g/mol. The lowest BCUT2D eigenvalue weighted by Crippen LogP contribution is -2.48. The van der Waals surface area contributed by atoms with E-state index in [9.17, 15) is 23.1 Å². The van der Waals surface area contributed by atoms with Crippen molar-refractivity contribution in [2.45, 2.75) is 32.5 Å². The van der Waals surface area contributed by atoms with E-state index in [0.29, 0.717) is 31.0 Å². The number of aromatic nitrogens is 3. The first kappa shape index (κ1) is 26.9. The van der Waals surface area contributed by atoms with Crippen LogP contribution >= 0.6 is 11.6 Å². The van der Waals surface area contributed by atoms with Crippen LogP contribution in [0.4, 0.5) is 35.3 Å². The predicted octanol–water partition coefficient (Wildman–Crippen LogP) is 5.24.